The molecule has 2 aromatic rings. The molecule has 1 fully saturated rings. The molecule has 0 unspecified atom stereocenters. The van der Waals surface area contributed by atoms with E-state index in [4.69, 9.17) is 4.74 Å². The van der Waals surface area contributed by atoms with Gasteiger partial charge in [-0.25, -0.2) is 4.98 Å². The van der Waals surface area contributed by atoms with Crippen molar-refractivity contribution in [1.29, 1.82) is 0 Å². The Morgan fingerprint density at radius 1 is 1.32 bits per heavy atom. The van der Waals surface area contributed by atoms with Crippen molar-refractivity contribution in [2.75, 3.05) is 13.2 Å². The first kappa shape index (κ1) is 11.2. The molecule has 1 saturated heterocycles. The third-order valence-electron chi connectivity index (χ3n) is 4.29. The van der Waals surface area contributed by atoms with Gasteiger partial charge in [0.25, 0.3) is 0 Å². The van der Waals surface area contributed by atoms with Crippen LogP contribution < -0.4 is 0 Å². The van der Waals surface area contributed by atoms with E-state index >= 15 is 0 Å². The predicted molar refractivity (Wildman–Crippen MR) is 70.7 cm³/mol. The molecule has 4 nitrogen and oxygen atoms in total. The number of aromatic nitrogens is 2. The fourth-order valence-corrected chi connectivity index (χ4v) is 3.36. The Kier molecular flexibility index (Phi) is 2.47. The number of aliphatic hydroxyl groups excluding tert-OH is 1. The van der Waals surface area contributed by atoms with E-state index in [0.717, 1.165) is 5.69 Å². The molecule has 1 aromatic heterocycles. The first-order chi connectivity index (χ1) is 9.36. The number of fused-ring (bicyclic) bond motifs is 3. The van der Waals surface area contributed by atoms with Crippen molar-refractivity contribution in [2.45, 2.75) is 18.6 Å². The highest BCUT2D eigenvalue weighted by atomic mass is 16.5. The SMILES string of the molecule is O[C@@H]1CCOC[C@H]1[C@@H]1c2ccccc2-c2cncn21. The summed E-state index contributed by atoms with van der Waals surface area (Å²) in [7, 11) is 0. The molecule has 0 bridgehead atoms. The summed E-state index contributed by atoms with van der Waals surface area (Å²) in [6.07, 6.45) is 4.17. The minimum Gasteiger partial charge on any atom is -0.393 e. The molecule has 1 aromatic carbocycles. The molecule has 0 aliphatic carbocycles. The van der Waals surface area contributed by atoms with Crippen LogP contribution in [-0.2, 0) is 4.74 Å². The number of hydrogen-bond acceptors (Lipinski definition) is 3. The van der Waals surface area contributed by atoms with E-state index in [-0.39, 0.29) is 18.1 Å². The van der Waals surface area contributed by atoms with Crippen molar-refractivity contribution < 1.29 is 9.84 Å². The van der Waals surface area contributed by atoms with Gasteiger partial charge in [0.1, 0.15) is 0 Å². The zero-order valence-electron chi connectivity index (χ0n) is 10.6. The van der Waals surface area contributed by atoms with E-state index in [1.54, 1.807) is 0 Å². The van der Waals surface area contributed by atoms with Crippen LogP contribution in [0.1, 0.15) is 18.0 Å². The van der Waals surface area contributed by atoms with Gasteiger partial charge in [-0.15, -0.1) is 0 Å². The van der Waals surface area contributed by atoms with Gasteiger partial charge in [0, 0.05) is 18.1 Å². The van der Waals surface area contributed by atoms with Gasteiger partial charge in [-0.3, -0.25) is 0 Å². The highest BCUT2D eigenvalue weighted by molar-refractivity contribution is 5.69. The molecule has 98 valence electrons. The molecule has 0 amide bonds. The molecule has 3 atom stereocenters. The van der Waals surface area contributed by atoms with E-state index in [1.807, 2.05) is 18.6 Å². The van der Waals surface area contributed by atoms with Gasteiger partial charge in [-0.2, -0.15) is 0 Å². The maximum Gasteiger partial charge on any atom is 0.0956 e. The minimum absolute atomic E-state index is 0.102. The van der Waals surface area contributed by atoms with Crippen LogP contribution in [-0.4, -0.2) is 34.0 Å². The Morgan fingerprint density at radius 2 is 2.21 bits per heavy atom. The zero-order valence-corrected chi connectivity index (χ0v) is 10.6. The lowest BCUT2D eigenvalue weighted by Crippen LogP contribution is -2.37. The van der Waals surface area contributed by atoms with Crippen LogP contribution in [0.15, 0.2) is 36.8 Å². The van der Waals surface area contributed by atoms with Gasteiger partial charge in [-0.1, -0.05) is 24.3 Å². The second kappa shape index (κ2) is 4.18. The second-order valence-electron chi connectivity index (χ2n) is 5.31. The molecular formula is C15H16N2O2. The van der Waals surface area contributed by atoms with Crippen molar-refractivity contribution in [1.82, 2.24) is 9.55 Å². The lowest BCUT2D eigenvalue weighted by molar-refractivity contribution is -0.0481. The number of ether oxygens (including phenoxy) is 1. The highest BCUT2D eigenvalue weighted by Gasteiger charge is 2.39. The van der Waals surface area contributed by atoms with Crippen molar-refractivity contribution in [3.8, 4) is 11.3 Å². The predicted octanol–water partition coefficient (Wildman–Crippen LogP) is 1.85. The Morgan fingerprint density at radius 3 is 3.11 bits per heavy atom. The first-order valence-corrected chi connectivity index (χ1v) is 6.73. The van der Waals surface area contributed by atoms with E-state index in [2.05, 4.69) is 27.8 Å². The molecule has 2 aliphatic rings. The van der Waals surface area contributed by atoms with Gasteiger partial charge >= 0.3 is 0 Å². The van der Waals surface area contributed by atoms with Crippen molar-refractivity contribution in [3.05, 3.63) is 42.4 Å². The number of rotatable bonds is 1. The molecule has 0 spiro atoms. The molecular weight excluding hydrogens is 240 g/mol. The number of aliphatic hydroxyl groups is 1. The maximum absolute atomic E-state index is 10.3. The fraction of sp³-hybridized carbons (Fsp3) is 0.400. The summed E-state index contributed by atoms with van der Waals surface area (Å²) in [5, 5.41) is 10.3. The number of benzene rings is 1. The smallest absolute Gasteiger partial charge is 0.0956 e. The Bertz CT molecular complexity index is 608. The molecule has 0 radical (unpaired) electrons. The van der Waals surface area contributed by atoms with E-state index < -0.39 is 0 Å². The monoisotopic (exact) mass is 256 g/mol. The van der Waals surface area contributed by atoms with Crippen LogP contribution >= 0.6 is 0 Å². The second-order valence-corrected chi connectivity index (χ2v) is 5.31. The van der Waals surface area contributed by atoms with Crippen LogP contribution in [0.2, 0.25) is 0 Å². The van der Waals surface area contributed by atoms with Gasteiger partial charge < -0.3 is 14.4 Å². The van der Waals surface area contributed by atoms with Gasteiger partial charge in [0.2, 0.25) is 0 Å². The average molecular weight is 256 g/mol. The zero-order chi connectivity index (χ0) is 12.8. The summed E-state index contributed by atoms with van der Waals surface area (Å²) in [6, 6.07) is 8.52. The van der Waals surface area contributed by atoms with Crippen LogP contribution in [0.25, 0.3) is 11.3 Å². The van der Waals surface area contributed by atoms with E-state index in [0.29, 0.717) is 19.6 Å². The maximum atomic E-state index is 10.3. The minimum atomic E-state index is -0.305. The average Bonchev–Trinajstić information content (AvgIpc) is 3.00. The van der Waals surface area contributed by atoms with Crippen molar-refractivity contribution in [3.63, 3.8) is 0 Å². The molecule has 0 saturated carbocycles. The molecule has 19 heavy (non-hydrogen) atoms. The van der Waals surface area contributed by atoms with E-state index in [9.17, 15) is 5.11 Å². The van der Waals surface area contributed by atoms with Crippen molar-refractivity contribution >= 4 is 0 Å². The Hall–Kier alpha value is -1.65. The topological polar surface area (TPSA) is 47.3 Å². The number of nitrogens with zero attached hydrogens (tertiary/aromatic N) is 2. The van der Waals surface area contributed by atoms with Gasteiger partial charge in [0.05, 0.1) is 37.0 Å². The lowest BCUT2D eigenvalue weighted by Gasteiger charge is -2.33. The van der Waals surface area contributed by atoms with Crippen molar-refractivity contribution in [2.24, 2.45) is 5.92 Å². The highest BCUT2D eigenvalue weighted by Crippen LogP contribution is 2.44. The van der Waals surface area contributed by atoms with Crippen LogP contribution in [0.3, 0.4) is 0 Å². The van der Waals surface area contributed by atoms with Gasteiger partial charge in [-0.05, 0) is 12.0 Å². The first-order valence-electron chi connectivity index (χ1n) is 6.73. The normalized spacial score (nSPS) is 29.0. The summed E-state index contributed by atoms with van der Waals surface area (Å²) >= 11 is 0. The van der Waals surface area contributed by atoms with E-state index in [1.165, 1.54) is 11.1 Å². The van der Waals surface area contributed by atoms with Crippen LogP contribution in [0.4, 0.5) is 0 Å². The summed E-state index contributed by atoms with van der Waals surface area (Å²) < 4.78 is 7.75. The van der Waals surface area contributed by atoms with Crippen LogP contribution in [0, 0.1) is 5.92 Å². The Balaban J connectivity index is 1.84. The molecule has 4 heteroatoms. The summed E-state index contributed by atoms with van der Waals surface area (Å²) in [5.41, 5.74) is 3.63. The third kappa shape index (κ3) is 1.57. The molecule has 4 rings (SSSR count). The number of imidazole rings is 1. The fourth-order valence-electron chi connectivity index (χ4n) is 3.36. The number of hydrogen-bond donors (Lipinski definition) is 1. The summed E-state index contributed by atoms with van der Waals surface area (Å²) in [6.45, 7) is 1.26. The summed E-state index contributed by atoms with van der Waals surface area (Å²) in [4.78, 5) is 4.25. The molecule has 2 aliphatic heterocycles. The van der Waals surface area contributed by atoms with Gasteiger partial charge in [0.15, 0.2) is 0 Å². The van der Waals surface area contributed by atoms with Crippen LogP contribution in [0.5, 0.6) is 0 Å². The molecule has 3 heterocycles. The Labute approximate surface area is 111 Å². The third-order valence-corrected chi connectivity index (χ3v) is 4.29. The standard InChI is InChI=1S/C15H16N2O2/c18-14-5-6-19-8-12(14)15-11-4-2-1-3-10(11)13-7-16-9-17(13)15/h1-4,7,9,12,14-15,18H,5-6,8H2/t12-,14-,15+/m1/s1. The largest absolute Gasteiger partial charge is 0.393 e. The summed E-state index contributed by atoms with van der Waals surface area (Å²) in [5.74, 6) is 0.102. The lowest BCUT2D eigenvalue weighted by atomic mass is 9.86. The quantitative estimate of drug-likeness (QED) is 0.847. The molecule has 1 N–H and O–H groups in total.